The molecule has 3 fully saturated rings. The first-order valence-electron chi connectivity index (χ1n) is 18.7. The van der Waals surface area contributed by atoms with Crippen LogP contribution < -0.4 is 0 Å². The molecule has 2 aliphatic heterocycles. The Hall–Kier alpha value is -2.29. The van der Waals surface area contributed by atoms with E-state index in [4.69, 9.17) is 28.4 Å². The predicted octanol–water partition coefficient (Wildman–Crippen LogP) is 8.73. The van der Waals surface area contributed by atoms with Crippen molar-refractivity contribution in [1.29, 1.82) is 0 Å². The molecule has 1 aromatic carbocycles. The third kappa shape index (κ3) is 10.6. The Kier molecular flexibility index (Phi) is 14.8. The minimum absolute atomic E-state index is 0.0246. The number of esters is 1. The number of fused-ring (bicyclic) bond motifs is 1. The van der Waals surface area contributed by atoms with Crippen molar-refractivity contribution in [2.45, 2.75) is 123 Å². The molecule has 9 unspecified atom stereocenters. The van der Waals surface area contributed by atoms with Crippen molar-refractivity contribution in [3.8, 4) is 0 Å². The van der Waals surface area contributed by atoms with Gasteiger partial charge in [-0.25, -0.2) is 0 Å². The van der Waals surface area contributed by atoms with Crippen LogP contribution in [0, 0.1) is 29.6 Å². The van der Waals surface area contributed by atoms with E-state index < -0.39 is 5.92 Å². The summed E-state index contributed by atoms with van der Waals surface area (Å²) in [4.78, 5) is 13.2. The van der Waals surface area contributed by atoms with Crippen LogP contribution in [0.25, 0.3) is 0 Å². The Morgan fingerprint density at radius 2 is 1.77 bits per heavy atom. The lowest BCUT2D eigenvalue weighted by Crippen LogP contribution is -2.37. The number of hydrogen-bond acceptors (Lipinski definition) is 7. The van der Waals surface area contributed by atoms with Crippen LogP contribution in [-0.4, -0.2) is 57.7 Å². The minimum atomic E-state index is -0.405. The highest BCUT2D eigenvalue weighted by molar-refractivity contribution is 5.76. The highest BCUT2D eigenvalue weighted by Crippen LogP contribution is 2.54. The van der Waals surface area contributed by atoms with E-state index in [9.17, 15) is 4.79 Å². The highest BCUT2D eigenvalue weighted by Gasteiger charge is 2.51. The number of carbonyl (C=O) groups is 1. The van der Waals surface area contributed by atoms with Gasteiger partial charge in [-0.2, -0.15) is 0 Å². The van der Waals surface area contributed by atoms with E-state index in [1.807, 2.05) is 30.3 Å². The van der Waals surface area contributed by atoms with Gasteiger partial charge in [0.2, 0.25) is 0 Å². The lowest BCUT2D eigenvalue weighted by molar-refractivity contribution is -0.203. The Bertz CT molecular complexity index is 1190. The van der Waals surface area contributed by atoms with Crippen molar-refractivity contribution in [1.82, 2.24) is 0 Å². The molecule has 0 bridgehead atoms. The molecule has 7 heteroatoms. The van der Waals surface area contributed by atoms with Crippen molar-refractivity contribution in [3.63, 3.8) is 0 Å². The molecule has 9 atom stereocenters. The van der Waals surface area contributed by atoms with Crippen LogP contribution in [0.4, 0.5) is 0 Å². The van der Waals surface area contributed by atoms with Crippen molar-refractivity contribution in [2.75, 3.05) is 26.9 Å². The van der Waals surface area contributed by atoms with Crippen LogP contribution in [0.3, 0.4) is 0 Å². The molecule has 0 radical (unpaired) electrons. The van der Waals surface area contributed by atoms with Gasteiger partial charge in [-0.05, 0) is 121 Å². The SMILES string of the molecule is CC=CC(CC(CCC=C(C)C)C1C(OC2CCCCO2)CC2C=C(C(COCc3ccccc3)C(=O)OC)CC21)OC1CCCCO1. The first-order valence-corrected chi connectivity index (χ1v) is 18.7. The van der Waals surface area contributed by atoms with Gasteiger partial charge in [0.15, 0.2) is 12.6 Å². The maximum Gasteiger partial charge on any atom is 0.315 e. The van der Waals surface area contributed by atoms with E-state index >= 15 is 0 Å². The van der Waals surface area contributed by atoms with Gasteiger partial charge in [-0.1, -0.05) is 65.8 Å². The number of rotatable bonds is 17. The van der Waals surface area contributed by atoms with Gasteiger partial charge < -0.3 is 28.4 Å². The zero-order valence-corrected chi connectivity index (χ0v) is 29.9. The normalized spacial score (nSPS) is 29.2. The number of benzene rings is 1. The molecule has 1 saturated carbocycles. The predicted molar refractivity (Wildman–Crippen MR) is 188 cm³/mol. The number of carbonyl (C=O) groups excluding carboxylic acids is 1. The largest absolute Gasteiger partial charge is 0.468 e. The third-order valence-electron chi connectivity index (χ3n) is 10.7. The molecule has 0 spiro atoms. The van der Waals surface area contributed by atoms with E-state index in [1.165, 1.54) is 12.7 Å². The fourth-order valence-corrected chi connectivity index (χ4v) is 8.42. The minimum Gasteiger partial charge on any atom is -0.468 e. The smallest absolute Gasteiger partial charge is 0.315 e. The third-order valence-corrected chi connectivity index (χ3v) is 10.7. The summed E-state index contributed by atoms with van der Waals surface area (Å²) in [6, 6.07) is 10.1. The van der Waals surface area contributed by atoms with Crippen molar-refractivity contribution in [2.24, 2.45) is 29.6 Å². The van der Waals surface area contributed by atoms with Gasteiger partial charge in [0.05, 0.1) is 32.5 Å². The lowest BCUT2D eigenvalue weighted by Gasteiger charge is -2.37. The Morgan fingerprint density at radius 1 is 1.02 bits per heavy atom. The summed E-state index contributed by atoms with van der Waals surface area (Å²) >= 11 is 0. The molecule has 2 heterocycles. The topological polar surface area (TPSA) is 72.5 Å². The average molecular weight is 665 g/mol. The highest BCUT2D eigenvalue weighted by atomic mass is 16.7. The molecule has 2 aliphatic carbocycles. The van der Waals surface area contributed by atoms with Crippen LogP contribution in [0.5, 0.6) is 0 Å². The summed E-state index contributed by atoms with van der Waals surface area (Å²) in [6.07, 6.45) is 20.1. The fraction of sp³-hybridized carbons (Fsp3) is 0.683. The zero-order valence-electron chi connectivity index (χ0n) is 29.9. The second-order valence-corrected chi connectivity index (χ2v) is 14.5. The van der Waals surface area contributed by atoms with Gasteiger partial charge in [-0.3, -0.25) is 4.79 Å². The second-order valence-electron chi connectivity index (χ2n) is 14.5. The summed E-state index contributed by atoms with van der Waals surface area (Å²) in [5.41, 5.74) is 3.60. The quantitative estimate of drug-likeness (QED) is 0.122. The van der Waals surface area contributed by atoms with Gasteiger partial charge in [0, 0.05) is 13.2 Å². The summed E-state index contributed by atoms with van der Waals surface area (Å²) in [5.74, 6) is 0.776. The monoisotopic (exact) mass is 664 g/mol. The number of hydrogen-bond donors (Lipinski definition) is 0. The van der Waals surface area contributed by atoms with Gasteiger partial charge in [-0.15, -0.1) is 0 Å². The summed E-state index contributed by atoms with van der Waals surface area (Å²) in [7, 11) is 1.48. The summed E-state index contributed by atoms with van der Waals surface area (Å²) in [6.45, 7) is 8.76. The standard InChI is InChI=1S/C41H60O7/c1-5-14-34(47-38-19-9-11-21-45-38)24-31(18-13-15-29(2)3)40-35-25-32(23-33(35)26-37(40)48-39-20-10-12-22-46-39)36(41(42)43-4)28-44-27-30-16-7-6-8-17-30/h5-8,14-17,23,31,33-40H,9-13,18-22,24-28H2,1-4H3. The molecule has 1 aromatic rings. The maximum atomic E-state index is 13.2. The molecular weight excluding hydrogens is 604 g/mol. The number of methoxy groups -OCH3 is 1. The summed E-state index contributed by atoms with van der Waals surface area (Å²) in [5, 5.41) is 0. The van der Waals surface area contributed by atoms with Crippen LogP contribution in [0.15, 0.2) is 65.8 Å². The Labute approximate surface area is 289 Å². The Balaban J connectivity index is 1.37. The van der Waals surface area contributed by atoms with Crippen molar-refractivity contribution in [3.05, 3.63) is 71.3 Å². The van der Waals surface area contributed by atoms with Gasteiger partial charge in [0.1, 0.15) is 5.92 Å². The van der Waals surface area contributed by atoms with Crippen LogP contribution in [-0.2, 0) is 39.8 Å². The van der Waals surface area contributed by atoms with Gasteiger partial charge >= 0.3 is 5.97 Å². The molecular formula is C41H60O7. The molecule has 2 saturated heterocycles. The molecule has 266 valence electrons. The number of ether oxygens (including phenoxy) is 6. The average Bonchev–Trinajstić information content (AvgIpc) is 3.64. The molecule has 0 N–H and O–H groups in total. The molecule has 0 aromatic heterocycles. The van der Waals surface area contributed by atoms with E-state index in [1.54, 1.807) is 0 Å². The summed E-state index contributed by atoms with van der Waals surface area (Å²) < 4.78 is 37.2. The molecule has 48 heavy (non-hydrogen) atoms. The van der Waals surface area contributed by atoms with Crippen molar-refractivity contribution >= 4 is 5.97 Å². The van der Waals surface area contributed by atoms with Crippen LogP contribution >= 0.6 is 0 Å². The van der Waals surface area contributed by atoms with E-state index in [0.717, 1.165) is 95.0 Å². The molecule has 4 aliphatic rings. The molecule has 5 rings (SSSR count). The van der Waals surface area contributed by atoms with E-state index in [2.05, 4.69) is 45.1 Å². The van der Waals surface area contributed by atoms with Gasteiger partial charge in [0.25, 0.3) is 0 Å². The lowest BCUT2D eigenvalue weighted by atomic mass is 9.75. The van der Waals surface area contributed by atoms with Crippen LogP contribution in [0.1, 0.15) is 97.0 Å². The fourth-order valence-electron chi connectivity index (χ4n) is 8.42. The maximum absolute atomic E-state index is 13.2. The van der Waals surface area contributed by atoms with Crippen molar-refractivity contribution < 1.29 is 33.2 Å². The number of allylic oxidation sites excluding steroid dienone is 4. The molecule has 0 amide bonds. The van der Waals surface area contributed by atoms with E-state index in [-0.39, 0.29) is 30.8 Å². The second kappa shape index (κ2) is 19.2. The zero-order chi connectivity index (χ0) is 33.7. The Morgan fingerprint density at radius 3 is 2.44 bits per heavy atom. The molecule has 7 nitrogen and oxygen atoms in total. The van der Waals surface area contributed by atoms with E-state index in [0.29, 0.717) is 36.9 Å². The first-order chi connectivity index (χ1) is 23.4. The first kappa shape index (κ1) is 37.0. The van der Waals surface area contributed by atoms with Crippen LogP contribution in [0.2, 0.25) is 0 Å².